The van der Waals surface area contributed by atoms with Gasteiger partial charge in [0.25, 0.3) is 0 Å². The van der Waals surface area contributed by atoms with Crippen LogP contribution in [0.2, 0.25) is 0 Å². The summed E-state index contributed by atoms with van der Waals surface area (Å²) in [4.78, 5) is 0. The summed E-state index contributed by atoms with van der Waals surface area (Å²) in [6, 6.07) is 0. The molecule has 14 heavy (non-hydrogen) atoms. The number of rotatable bonds is 2. The summed E-state index contributed by atoms with van der Waals surface area (Å²) in [6.45, 7) is 0.848. The summed E-state index contributed by atoms with van der Waals surface area (Å²) in [7, 11) is 0. The molecule has 1 aromatic heterocycles. The van der Waals surface area contributed by atoms with Gasteiger partial charge in [0.1, 0.15) is 0 Å². The van der Waals surface area contributed by atoms with Crippen molar-refractivity contribution in [3.05, 3.63) is 10.6 Å². The Kier molecular flexibility index (Phi) is 2.83. The fraction of sp³-hybridized carbons (Fsp3) is 0.750. The molecule has 0 aliphatic carbocycles. The second-order valence-corrected chi connectivity index (χ2v) is 3.89. The van der Waals surface area contributed by atoms with Crippen LogP contribution < -0.4 is 5.84 Å². The molecule has 0 saturated carbocycles. The number of nitrogens with one attached hydrogen (secondary N) is 1. The molecular weight excluding hydrogens is 200 g/mol. The quantitative estimate of drug-likeness (QED) is 0.563. The third-order valence-electron chi connectivity index (χ3n) is 2.46. The van der Waals surface area contributed by atoms with Crippen molar-refractivity contribution < 1.29 is 4.74 Å². The maximum atomic E-state index is 5.68. The molecule has 0 spiro atoms. The van der Waals surface area contributed by atoms with Gasteiger partial charge in [-0.05, 0) is 31.5 Å². The molecule has 3 N–H and O–H groups in total. The zero-order valence-electron chi connectivity index (χ0n) is 7.90. The lowest BCUT2D eigenvalue weighted by Crippen LogP contribution is -2.24. The van der Waals surface area contributed by atoms with Crippen LogP contribution in [-0.4, -0.2) is 27.6 Å². The largest absolute Gasteiger partial charge is 0.378 e. The van der Waals surface area contributed by atoms with Crippen molar-refractivity contribution in [1.29, 1.82) is 0 Å². The molecular formula is C8H14N4OS. The maximum Gasteiger partial charge on any atom is 0.214 e. The van der Waals surface area contributed by atoms with E-state index in [1.165, 1.54) is 11.1 Å². The lowest BCUT2D eigenvalue weighted by molar-refractivity contribution is 0.0153. The topological polar surface area (TPSA) is 68.9 Å². The highest BCUT2D eigenvalue weighted by Gasteiger charge is 2.17. The van der Waals surface area contributed by atoms with Gasteiger partial charge >= 0.3 is 0 Å². The molecule has 0 amide bonds. The summed E-state index contributed by atoms with van der Waals surface area (Å²) in [6.07, 6.45) is 4.45. The number of aromatic nitrogens is 3. The number of nitrogens with zero attached hydrogens (tertiary/aromatic N) is 2. The van der Waals surface area contributed by atoms with Gasteiger partial charge in [0.15, 0.2) is 5.82 Å². The fourth-order valence-corrected chi connectivity index (χ4v) is 1.80. The molecule has 6 heteroatoms. The van der Waals surface area contributed by atoms with Crippen LogP contribution in [0.25, 0.3) is 0 Å². The molecule has 1 saturated heterocycles. The molecule has 1 unspecified atom stereocenters. The first-order chi connectivity index (χ1) is 6.77. The molecule has 1 aliphatic heterocycles. The summed E-state index contributed by atoms with van der Waals surface area (Å²) in [5.74, 6) is 6.45. The minimum absolute atomic E-state index is 0.247. The molecule has 0 aromatic carbocycles. The highest BCUT2D eigenvalue weighted by Crippen LogP contribution is 2.15. The van der Waals surface area contributed by atoms with Gasteiger partial charge in [0.05, 0.1) is 6.10 Å². The van der Waals surface area contributed by atoms with E-state index in [4.69, 9.17) is 22.8 Å². The number of nitrogen functional groups attached to an aromatic ring is 1. The molecule has 2 rings (SSSR count). The minimum Gasteiger partial charge on any atom is -0.378 e. The van der Waals surface area contributed by atoms with Crippen LogP contribution in [0.1, 0.15) is 25.1 Å². The van der Waals surface area contributed by atoms with Crippen LogP contribution in [0.3, 0.4) is 0 Å². The zero-order valence-corrected chi connectivity index (χ0v) is 8.72. The fourth-order valence-electron chi connectivity index (χ4n) is 1.65. The molecule has 1 aliphatic rings. The molecule has 1 aromatic rings. The Morgan fingerprint density at radius 1 is 1.64 bits per heavy atom. The Hall–Kier alpha value is -0.880. The Balaban J connectivity index is 2.02. The molecule has 2 heterocycles. The number of hydrogen-bond donors (Lipinski definition) is 2. The predicted octanol–water partition coefficient (Wildman–Crippen LogP) is 0.766. The Bertz CT molecular complexity index is 352. The number of ether oxygens (including phenoxy) is 1. The number of H-pyrrole nitrogens is 1. The van der Waals surface area contributed by atoms with E-state index in [0.717, 1.165) is 31.7 Å². The van der Waals surface area contributed by atoms with E-state index in [0.29, 0.717) is 4.77 Å². The lowest BCUT2D eigenvalue weighted by atomic mass is 10.1. The first-order valence-electron chi connectivity index (χ1n) is 4.80. The minimum atomic E-state index is 0.247. The zero-order chi connectivity index (χ0) is 9.97. The molecule has 1 atom stereocenters. The molecule has 78 valence electrons. The van der Waals surface area contributed by atoms with Gasteiger partial charge in [-0.15, -0.1) is 0 Å². The van der Waals surface area contributed by atoms with E-state index in [2.05, 4.69) is 10.2 Å². The Morgan fingerprint density at radius 3 is 3.07 bits per heavy atom. The van der Waals surface area contributed by atoms with E-state index in [1.807, 2.05) is 0 Å². The molecule has 1 fully saturated rings. The van der Waals surface area contributed by atoms with Gasteiger partial charge in [-0.2, -0.15) is 5.10 Å². The van der Waals surface area contributed by atoms with Crippen LogP contribution in [0.15, 0.2) is 0 Å². The van der Waals surface area contributed by atoms with Crippen molar-refractivity contribution in [3.8, 4) is 0 Å². The summed E-state index contributed by atoms with van der Waals surface area (Å²) >= 11 is 4.92. The van der Waals surface area contributed by atoms with Crippen molar-refractivity contribution in [3.63, 3.8) is 0 Å². The van der Waals surface area contributed by atoms with E-state index in [1.54, 1.807) is 0 Å². The highest BCUT2D eigenvalue weighted by molar-refractivity contribution is 7.71. The molecule has 0 bridgehead atoms. The lowest BCUT2D eigenvalue weighted by Gasteiger charge is -2.21. The average Bonchev–Trinajstić information content (AvgIpc) is 2.52. The van der Waals surface area contributed by atoms with Crippen LogP contribution >= 0.6 is 12.2 Å². The third kappa shape index (κ3) is 1.96. The maximum absolute atomic E-state index is 5.68. The van der Waals surface area contributed by atoms with Gasteiger partial charge in [-0.3, -0.25) is 5.10 Å². The van der Waals surface area contributed by atoms with Crippen LogP contribution in [0, 0.1) is 4.77 Å². The van der Waals surface area contributed by atoms with Gasteiger partial charge in [0, 0.05) is 13.0 Å². The van der Waals surface area contributed by atoms with Crippen LogP contribution in [0.5, 0.6) is 0 Å². The van der Waals surface area contributed by atoms with Gasteiger partial charge in [0.2, 0.25) is 4.77 Å². The van der Waals surface area contributed by atoms with Crippen molar-refractivity contribution in [2.24, 2.45) is 0 Å². The molecule has 5 nitrogen and oxygen atoms in total. The van der Waals surface area contributed by atoms with Crippen LogP contribution in [-0.2, 0) is 11.2 Å². The monoisotopic (exact) mass is 214 g/mol. The summed E-state index contributed by atoms with van der Waals surface area (Å²) < 4.78 is 7.45. The van der Waals surface area contributed by atoms with Gasteiger partial charge < -0.3 is 10.6 Å². The van der Waals surface area contributed by atoms with Crippen molar-refractivity contribution >= 4 is 12.2 Å². The van der Waals surface area contributed by atoms with Crippen molar-refractivity contribution in [2.45, 2.75) is 31.8 Å². The Morgan fingerprint density at radius 2 is 2.50 bits per heavy atom. The van der Waals surface area contributed by atoms with Crippen molar-refractivity contribution in [1.82, 2.24) is 14.9 Å². The second-order valence-electron chi connectivity index (χ2n) is 3.51. The number of hydrogen-bond acceptors (Lipinski definition) is 4. The van der Waals surface area contributed by atoms with Gasteiger partial charge in [-0.1, -0.05) is 0 Å². The number of aromatic amines is 1. The van der Waals surface area contributed by atoms with Gasteiger partial charge in [-0.25, -0.2) is 4.68 Å². The summed E-state index contributed by atoms with van der Waals surface area (Å²) in [5.41, 5.74) is 0. The average molecular weight is 214 g/mol. The summed E-state index contributed by atoms with van der Waals surface area (Å²) in [5, 5.41) is 6.71. The van der Waals surface area contributed by atoms with E-state index in [9.17, 15) is 0 Å². The van der Waals surface area contributed by atoms with E-state index >= 15 is 0 Å². The van der Waals surface area contributed by atoms with E-state index < -0.39 is 0 Å². The Labute approximate surface area is 87.2 Å². The van der Waals surface area contributed by atoms with Crippen molar-refractivity contribution in [2.75, 3.05) is 12.4 Å². The normalized spacial score (nSPS) is 22.4. The SMILES string of the molecule is Nn1c(CC2CCCCO2)n[nH]c1=S. The van der Waals surface area contributed by atoms with E-state index in [-0.39, 0.29) is 6.10 Å². The predicted molar refractivity (Wildman–Crippen MR) is 54.9 cm³/mol. The third-order valence-corrected chi connectivity index (χ3v) is 2.75. The number of nitrogens with two attached hydrogens (primary N) is 1. The highest BCUT2D eigenvalue weighted by atomic mass is 32.1. The van der Waals surface area contributed by atoms with Crippen LogP contribution in [0.4, 0.5) is 0 Å². The second kappa shape index (κ2) is 4.10. The first kappa shape index (κ1) is 9.67. The first-order valence-corrected chi connectivity index (χ1v) is 5.21. The smallest absolute Gasteiger partial charge is 0.214 e. The standard InChI is InChI=1S/C8H14N4OS/c9-12-7(10-11-8(12)14)5-6-3-1-2-4-13-6/h6H,1-5,9H2,(H,11,14). The molecule has 0 radical (unpaired) electrons.